The lowest BCUT2D eigenvalue weighted by atomic mass is 9.98. The predicted molar refractivity (Wildman–Crippen MR) is 126 cm³/mol. The molecule has 0 aliphatic heterocycles. The Hall–Kier alpha value is -3.48. The van der Waals surface area contributed by atoms with Crippen LogP contribution in [-0.4, -0.2) is 29.8 Å². The Kier molecular flexibility index (Phi) is 6.35. The van der Waals surface area contributed by atoms with Gasteiger partial charge in [0.2, 0.25) is 5.82 Å². The smallest absolute Gasteiger partial charge is 0.296 e. The van der Waals surface area contributed by atoms with Crippen molar-refractivity contribution in [3.8, 4) is 22.5 Å². The van der Waals surface area contributed by atoms with E-state index in [1.807, 2.05) is 27.3 Å². The van der Waals surface area contributed by atoms with Gasteiger partial charge in [0, 0.05) is 23.5 Å². The minimum atomic E-state index is 0.0891. The molecule has 0 fully saturated rings. The average molecular weight is 431 g/mol. The summed E-state index contributed by atoms with van der Waals surface area (Å²) in [5, 5.41) is 14.5. The van der Waals surface area contributed by atoms with Crippen molar-refractivity contribution in [1.29, 1.82) is 0 Å². The summed E-state index contributed by atoms with van der Waals surface area (Å²) in [5.74, 6) is 0.998. The van der Waals surface area contributed by atoms with Crippen LogP contribution in [-0.2, 0) is 19.5 Å². The van der Waals surface area contributed by atoms with Crippen LogP contribution in [0.4, 0.5) is 0 Å². The van der Waals surface area contributed by atoms with Gasteiger partial charge in [-0.15, -0.1) is 10.2 Å². The number of rotatable bonds is 8. The molecule has 2 aromatic carbocycles. The third-order valence-corrected chi connectivity index (χ3v) is 5.76. The molecule has 4 rings (SSSR count). The van der Waals surface area contributed by atoms with Crippen molar-refractivity contribution >= 4 is 0 Å². The number of tetrazole rings is 1. The van der Waals surface area contributed by atoms with Crippen molar-refractivity contribution in [3.05, 3.63) is 76.0 Å². The second-order valence-electron chi connectivity index (χ2n) is 8.63. The summed E-state index contributed by atoms with van der Waals surface area (Å²) in [4.78, 5) is 13.2. The van der Waals surface area contributed by atoms with Crippen molar-refractivity contribution in [3.63, 3.8) is 0 Å². The Balaban J connectivity index is 1.66. The van der Waals surface area contributed by atoms with Crippen LogP contribution in [0.15, 0.2) is 53.3 Å². The van der Waals surface area contributed by atoms with Crippen LogP contribution >= 0.6 is 0 Å². The molecule has 0 bridgehead atoms. The number of nitrogens with one attached hydrogen (secondary N) is 1. The van der Waals surface area contributed by atoms with Crippen LogP contribution in [0.1, 0.15) is 44.1 Å². The normalized spacial score (nSPS) is 11.4. The zero-order valence-corrected chi connectivity index (χ0v) is 19.2. The van der Waals surface area contributed by atoms with Gasteiger partial charge in [-0.25, -0.2) is 4.79 Å². The topological polar surface area (TPSA) is 81.4 Å². The molecule has 0 amide bonds. The van der Waals surface area contributed by atoms with Crippen LogP contribution in [0.5, 0.6) is 0 Å². The monoisotopic (exact) mass is 430 g/mol. The van der Waals surface area contributed by atoms with Gasteiger partial charge in [0.15, 0.2) is 0 Å². The van der Waals surface area contributed by atoms with Crippen LogP contribution in [0.2, 0.25) is 0 Å². The van der Waals surface area contributed by atoms with Gasteiger partial charge in [-0.3, -0.25) is 9.13 Å². The van der Waals surface area contributed by atoms with Crippen LogP contribution < -0.4 is 5.69 Å². The van der Waals surface area contributed by atoms with E-state index in [0.717, 1.165) is 53.0 Å². The van der Waals surface area contributed by atoms with E-state index in [4.69, 9.17) is 0 Å². The van der Waals surface area contributed by atoms with E-state index in [2.05, 4.69) is 78.7 Å². The highest BCUT2D eigenvalue weighted by Crippen LogP contribution is 2.29. The number of nitrogens with zero attached hydrogens (tertiary/aromatic N) is 5. The quantitative estimate of drug-likeness (QED) is 0.447. The number of H-pyrrole nitrogens is 1. The highest BCUT2D eigenvalue weighted by molar-refractivity contribution is 5.80. The Bertz CT molecular complexity index is 1230. The molecule has 166 valence electrons. The summed E-state index contributed by atoms with van der Waals surface area (Å²) in [6.45, 7) is 9.85. The number of aromatic nitrogens is 6. The summed E-state index contributed by atoms with van der Waals surface area (Å²) < 4.78 is 3.88. The first kappa shape index (κ1) is 21.7. The standard InChI is InChI=1S/C25H30N6O/c1-5-8-23-18(4)30(15-17(2)3)25(32)31(23)16-19-11-13-20(14-12-19)21-9-6-7-10-22(21)24-26-28-29-27-24/h6-7,9-14,17H,5,8,15-16H2,1-4H3,(H,26,27,28,29). The van der Waals surface area contributed by atoms with E-state index in [0.29, 0.717) is 18.3 Å². The van der Waals surface area contributed by atoms with Crippen LogP contribution in [0.3, 0.4) is 0 Å². The number of hydrogen-bond acceptors (Lipinski definition) is 4. The molecule has 2 aromatic heterocycles. The Morgan fingerprint density at radius 1 is 1.00 bits per heavy atom. The van der Waals surface area contributed by atoms with E-state index >= 15 is 0 Å². The molecule has 0 atom stereocenters. The largest absolute Gasteiger partial charge is 0.328 e. The van der Waals surface area contributed by atoms with E-state index < -0.39 is 0 Å². The van der Waals surface area contributed by atoms with Gasteiger partial charge in [-0.1, -0.05) is 75.7 Å². The first-order chi connectivity index (χ1) is 15.5. The van der Waals surface area contributed by atoms with Crippen molar-refractivity contribution in [1.82, 2.24) is 29.8 Å². The maximum absolute atomic E-state index is 13.2. The Morgan fingerprint density at radius 3 is 2.34 bits per heavy atom. The first-order valence-electron chi connectivity index (χ1n) is 11.2. The molecule has 0 unspecified atom stereocenters. The van der Waals surface area contributed by atoms with Crippen molar-refractivity contribution in [2.24, 2.45) is 5.92 Å². The molecule has 1 N–H and O–H groups in total. The molecule has 32 heavy (non-hydrogen) atoms. The van der Waals surface area contributed by atoms with Gasteiger partial charge >= 0.3 is 5.69 Å². The second kappa shape index (κ2) is 9.34. The predicted octanol–water partition coefficient (Wildman–Crippen LogP) is 4.46. The molecule has 7 nitrogen and oxygen atoms in total. The molecule has 0 radical (unpaired) electrons. The van der Waals surface area contributed by atoms with Gasteiger partial charge in [-0.2, -0.15) is 5.21 Å². The maximum atomic E-state index is 13.2. The van der Waals surface area contributed by atoms with Gasteiger partial charge in [0.1, 0.15) is 0 Å². The summed E-state index contributed by atoms with van der Waals surface area (Å²) in [7, 11) is 0. The molecule has 0 aliphatic rings. The first-order valence-corrected chi connectivity index (χ1v) is 11.2. The lowest BCUT2D eigenvalue weighted by molar-refractivity contribution is 0.497. The summed E-state index contributed by atoms with van der Waals surface area (Å²) in [5.41, 5.74) is 6.47. The van der Waals surface area contributed by atoms with Crippen LogP contribution in [0, 0.1) is 12.8 Å². The third kappa shape index (κ3) is 4.28. The molecule has 2 heterocycles. The van der Waals surface area contributed by atoms with Crippen LogP contribution in [0.25, 0.3) is 22.5 Å². The van der Waals surface area contributed by atoms with Crippen molar-refractivity contribution in [2.75, 3.05) is 0 Å². The molecule has 7 heteroatoms. The molecule has 0 saturated carbocycles. The fraction of sp³-hybridized carbons (Fsp3) is 0.360. The van der Waals surface area contributed by atoms with Gasteiger partial charge < -0.3 is 0 Å². The number of imidazole rings is 1. The average Bonchev–Trinajstić information content (AvgIpc) is 3.40. The minimum absolute atomic E-state index is 0.0891. The molecule has 4 aromatic rings. The SMILES string of the molecule is CCCc1c(C)n(CC(C)C)c(=O)n1Cc1ccc(-c2ccccc2-c2nn[nH]n2)cc1. The third-order valence-electron chi connectivity index (χ3n) is 5.76. The zero-order chi connectivity index (χ0) is 22.7. The summed E-state index contributed by atoms with van der Waals surface area (Å²) >= 11 is 0. The highest BCUT2D eigenvalue weighted by atomic mass is 16.1. The highest BCUT2D eigenvalue weighted by Gasteiger charge is 2.17. The fourth-order valence-corrected chi connectivity index (χ4v) is 4.23. The summed E-state index contributed by atoms with van der Waals surface area (Å²) in [6, 6.07) is 16.4. The van der Waals surface area contributed by atoms with Crippen molar-refractivity contribution in [2.45, 2.75) is 53.6 Å². The molecular weight excluding hydrogens is 400 g/mol. The molecular formula is C25H30N6O. The van der Waals surface area contributed by atoms with E-state index in [1.54, 1.807) is 0 Å². The Morgan fingerprint density at radius 2 is 1.72 bits per heavy atom. The Labute approximate surface area is 188 Å². The molecule has 0 saturated heterocycles. The number of hydrogen-bond donors (Lipinski definition) is 1. The van der Waals surface area contributed by atoms with E-state index in [-0.39, 0.29) is 5.69 Å². The summed E-state index contributed by atoms with van der Waals surface area (Å²) in [6.07, 6.45) is 1.92. The molecule has 0 aliphatic carbocycles. The lowest BCUT2D eigenvalue weighted by Gasteiger charge is -2.10. The minimum Gasteiger partial charge on any atom is -0.296 e. The molecule has 0 spiro atoms. The zero-order valence-electron chi connectivity index (χ0n) is 19.2. The lowest BCUT2D eigenvalue weighted by Crippen LogP contribution is -2.27. The fourth-order valence-electron chi connectivity index (χ4n) is 4.23. The van der Waals surface area contributed by atoms with Crippen molar-refractivity contribution < 1.29 is 0 Å². The number of benzene rings is 2. The van der Waals surface area contributed by atoms with Gasteiger partial charge in [0.05, 0.1) is 6.54 Å². The van der Waals surface area contributed by atoms with E-state index in [9.17, 15) is 4.79 Å². The van der Waals surface area contributed by atoms with Gasteiger partial charge in [0.25, 0.3) is 0 Å². The second-order valence-corrected chi connectivity index (χ2v) is 8.63. The maximum Gasteiger partial charge on any atom is 0.328 e. The van der Waals surface area contributed by atoms with Gasteiger partial charge in [-0.05, 0) is 41.2 Å². The number of aromatic amines is 1. The van der Waals surface area contributed by atoms with E-state index in [1.165, 1.54) is 0 Å².